The molecule has 2 rings (SSSR count). The van der Waals surface area contributed by atoms with E-state index >= 15 is 0 Å². The van der Waals surface area contributed by atoms with Gasteiger partial charge in [-0.05, 0) is 66.3 Å². The van der Waals surface area contributed by atoms with E-state index in [4.69, 9.17) is 0 Å². The Labute approximate surface area is 115 Å². The first-order chi connectivity index (χ1) is 8.66. The minimum absolute atomic E-state index is 0.0664. The lowest BCUT2D eigenvalue weighted by Crippen LogP contribution is -2.49. The summed E-state index contributed by atoms with van der Waals surface area (Å²) < 4.78 is 8.26. The van der Waals surface area contributed by atoms with Crippen molar-refractivity contribution in [2.75, 3.05) is 0 Å². The van der Waals surface area contributed by atoms with E-state index in [1.165, 1.54) is 0 Å². The first kappa shape index (κ1) is 13.8. The van der Waals surface area contributed by atoms with Crippen LogP contribution in [-0.4, -0.2) is 9.13 Å². The largest absolute Gasteiger partial charge is 0.347 e. The van der Waals surface area contributed by atoms with Crippen LogP contribution in [0.25, 0.3) is 0 Å². The quantitative estimate of drug-likeness (QED) is 0.575. The highest BCUT2D eigenvalue weighted by Gasteiger charge is 2.16. The molecule has 19 heavy (non-hydrogen) atoms. The molecular formula is C15H24N4. The molecule has 0 spiro atoms. The SMILES string of the molecule is CC(C)(C)[n+]1[c-]n(Cn2[c-][n+](C(C)(C)C)cc2)cc1. The third-order valence-corrected chi connectivity index (χ3v) is 3.01. The molecule has 0 fully saturated rings. The van der Waals surface area contributed by atoms with Gasteiger partial charge in [0.15, 0.2) is 6.67 Å². The average molecular weight is 260 g/mol. The molecule has 2 aromatic heterocycles. The van der Waals surface area contributed by atoms with Crippen molar-refractivity contribution in [1.29, 1.82) is 0 Å². The van der Waals surface area contributed by atoms with Crippen molar-refractivity contribution in [3.63, 3.8) is 0 Å². The highest BCUT2D eigenvalue weighted by atomic mass is 15.2. The van der Waals surface area contributed by atoms with Crippen molar-refractivity contribution in [3.05, 3.63) is 37.4 Å². The molecule has 2 aromatic rings. The molecule has 0 aliphatic heterocycles. The summed E-state index contributed by atoms with van der Waals surface area (Å²) in [6.45, 7) is 13.7. The van der Waals surface area contributed by atoms with Crippen LogP contribution < -0.4 is 9.13 Å². The molecule has 0 aliphatic carbocycles. The first-order valence-corrected chi connectivity index (χ1v) is 6.67. The van der Waals surface area contributed by atoms with Crippen LogP contribution in [0, 0.1) is 12.7 Å². The smallest absolute Gasteiger partial charge is 0.207 e. The first-order valence-electron chi connectivity index (χ1n) is 6.67. The van der Waals surface area contributed by atoms with E-state index in [-0.39, 0.29) is 11.1 Å². The third kappa shape index (κ3) is 3.25. The molecule has 0 aromatic carbocycles. The number of aromatic nitrogens is 4. The molecule has 104 valence electrons. The monoisotopic (exact) mass is 260 g/mol. The Bertz CT molecular complexity index is 499. The fraction of sp³-hybridized carbons (Fsp3) is 0.600. The standard InChI is InChI=1S/C15H24N4/c1-14(2,3)18-9-7-16(12-18)11-17-8-10-19(13-17)15(4,5)6/h7-10H,11H2,1-6H3. The third-order valence-electron chi connectivity index (χ3n) is 3.01. The topological polar surface area (TPSA) is 17.6 Å². The lowest BCUT2D eigenvalue weighted by atomic mass is 10.1. The molecule has 0 bridgehead atoms. The second-order valence-electron chi connectivity index (χ2n) is 6.96. The maximum Gasteiger partial charge on any atom is 0.207 e. The predicted molar refractivity (Wildman–Crippen MR) is 72.3 cm³/mol. The summed E-state index contributed by atoms with van der Waals surface area (Å²) >= 11 is 0. The van der Waals surface area contributed by atoms with E-state index in [0.717, 1.165) is 6.67 Å². The van der Waals surface area contributed by atoms with Crippen molar-refractivity contribution < 1.29 is 9.13 Å². The number of hydrogen-bond donors (Lipinski definition) is 0. The summed E-state index contributed by atoms with van der Waals surface area (Å²) in [5.41, 5.74) is 0.133. The van der Waals surface area contributed by atoms with Gasteiger partial charge in [-0.3, -0.25) is 0 Å². The Balaban J connectivity index is 2.14. The van der Waals surface area contributed by atoms with Crippen LogP contribution in [0.3, 0.4) is 0 Å². The fourth-order valence-electron chi connectivity index (χ4n) is 1.77. The van der Waals surface area contributed by atoms with E-state index in [1.807, 2.05) is 21.5 Å². The van der Waals surface area contributed by atoms with Crippen LogP contribution in [0.5, 0.6) is 0 Å². The number of rotatable bonds is 2. The Morgan fingerprint density at radius 3 is 1.42 bits per heavy atom. The molecule has 0 saturated heterocycles. The molecule has 4 heteroatoms. The maximum absolute atomic E-state index is 3.33. The molecular weight excluding hydrogens is 236 g/mol. The average Bonchev–Trinajstić information content (AvgIpc) is 2.84. The summed E-state index contributed by atoms with van der Waals surface area (Å²) in [5.74, 6) is 0. The van der Waals surface area contributed by atoms with Crippen molar-refractivity contribution in [2.24, 2.45) is 0 Å². The predicted octanol–water partition coefficient (Wildman–Crippen LogP) is 1.48. The van der Waals surface area contributed by atoms with Gasteiger partial charge in [-0.25, -0.2) is 0 Å². The van der Waals surface area contributed by atoms with Crippen molar-refractivity contribution >= 4 is 0 Å². The van der Waals surface area contributed by atoms with Gasteiger partial charge >= 0.3 is 0 Å². The molecule has 4 nitrogen and oxygen atoms in total. The summed E-state index contributed by atoms with van der Waals surface area (Å²) in [6.07, 6.45) is 14.9. The number of hydrogen-bond acceptors (Lipinski definition) is 0. The normalized spacial score (nSPS) is 12.9. The number of nitrogens with zero attached hydrogens (tertiary/aromatic N) is 4. The molecule has 0 saturated carbocycles. The van der Waals surface area contributed by atoms with E-state index in [2.05, 4.69) is 75.7 Å². The molecule has 0 unspecified atom stereocenters. The summed E-state index contributed by atoms with van der Waals surface area (Å²) in [5, 5.41) is 0. The highest BCUT2D eigenvalue weighted by Crippen LogP contribution is 2.04. The molecule has 0 aliphatic rings. The minimum atomic E-state index is 0.0664. The van der Waals surface area contributed by atoms with Gasteiger partial charge < -0.3 is 18.3 Å². The highest BCUT2D eigenvalue weighted by molar-refractivity contribution is 4.72. The minimum Gasteiger partial charge on any atom is -0.347 e. The zero-order valence-electron chi connectivity index (χ0n) is 12.8. The van der Waals surface area contributed by atoms with Crippen molar-refractivity contribution in [2.45, 2.75) is 59.3 Å². The molecule has 0 N–H and O–H groups in total. The Morgan fingerprint density at radius 1 is 0.789 bits per heavy atom. The fourth-order valence-corrected chi connectivity index (χ4v) is 1.77. The van der Waals surface area contributed by atoms with E-state index in [0.29, 0.717) is 0 Å². The van der Waals surface area contributed by atoms with Gasteiger partial charge in [0, 0.05) is 0 Å². The van der Waals surface area contributed by atoms with Crippen LogP contribution in [0.1, 0.15) is 41.5 Å². The van der Waals surface area contributed by atoms with Crippen molar-refractivity contribution in [1.82, 2.24) is 9.13 Å². The summed E-state index contributed by atoms with van der Waals surface area (Å²) in [4.78, 5) is 0. The van der Waals surface area contributed by atoms with Gasteiger partial charge in [-0.2, -0.15) is 0 Å². The van der Waals surface area contributed by atoms with Crippen LogP contribution in [0.4, 0.5) is 0 Å². The second kappa shape index (κ2) is 4.51. The molecule has 0 amide bonds. The lowest BCUT2D eigenvalue weighted by molar-refractivity contribution is -0.757. The van der Waals surface area contributed by atoms with Crippen LogP contribution in [-0.2, 0) is 17.7 Å². The van der Waals surface area contributed by atoms with E-state index < -0.39 is 0 Å². The zero-order valence-corrected chi connectivity index (χ0v) is 12.8. The van der Waals surface area contributed by atoms with Crippen molar-refractivity contribution in [3.8, 4) is 0 Å². The van der Waals surface area contributed by atoms with Crippen LogP contribution in [0.2, 0.25) is 0 Å². The Hall–Kier alpha value is -1.58. The molecule has 2 heterocycles. The lowest BCUT2D eigenvalue weighted by Gasteiger charge is -2.18. The number of imidazole rings is 2. The maximum atomic E-state index is 3.33. The summed E-state index contributed by atoms with van der Waals surface area (Å²) in [7, 11) is 0. The van der Waals surface area contributed by atoms with Crippen LogP contribution in [0.15, 0.2) is 24.8 Å². The van der Waals surface area contributed by atoms with Gasteiger partial charge in [0.25, 0.3) is 0 Å². The van der Waals surface area contributed by atoms with Gasteiger partial charge in [0.05, 0.1) is 11.1 Å². The van der Waals surface area contributed by atoms with Gasteiger partial charge in [-0.1, -0.05) is 0 Å². The molecule has 0 radical (unpaired) electrons. The van der Waals surface area contributed by atoms with Gasteiger partial charge in [0.2, 0.25) is 12.7 Å². The van der Waals surface area contributed by atoms with E-state index in [1.54, 1.807) is 0 Å². The molecule has 0 atom stereocenters. The zero-order chi connectivity index (χ0) is 14.3. The van der Waals surface area contributed by atoms with E-state index in [9.17, 15) is 0 Å². The Kier molecular flexibility index (Phi) is 3.29. The second-order valence-corrected chi connectivity index (χ2v) is 6.96. The van der Waals surface area contributed by atoms with Gasteiger partial charge in [0.1, 0.15) is 0 Å². The van der Waals surface area contributed by atoms with Crippen LogP contribution >= 0.6 is 0 Å². The Morgan fingerprint density at radius 2 is 1.16 bits per heavy atom. The summed E-state index contributed by atoms with van der Waals surface area (Å²) in [6, 6.07) is 0. The van der Waals surface area contributed by atoms with Gasteiger partial charge in [-0.15, -0.1) is 0 Å².